The minimum absolute atomic E-state index is 0.417. The maximum atomic E-state index is 5.34. The summed E-state index contributed by atoms with van der Waals surface area (Å²) in [7, 11) is 3.73. The molecule has 0 bridgehead atoms. The van der Waals surface area contributed by atoms with Gasteiger partial charge in [0.25, 0.3) is 0 Å². The van der Waals surface area contributed by atoms with E-state index in [1.807, 2.05) is 14.2 Å². The van der Waals surface area contributed by atoms with E-state index in [2.05, 4.69) is 33.9 Å². The van der Waals surface area contributed by atoms with E-state index in [1.165, 1.54) is 44.3 Å². The number of thioether (sulfide) groups is 1. The van der Waals surface area contributed by atoms with E-state index in [4.69, 9.17) is 4.74 Å². The van der Waals surface area contributed by atoms with Gasteiger partial charge < -0.3 is 15.0 Å². The summed E-state index contributed by atoms with van der Waals surface area (Å²) in [5.74, 6) is 2.32. The molecule has 0 radical (unpaired) electrons. The number of methoxy groups -OCH3 is 1. The van der Waals surface area contributed by atoms with Crippen LogP contribution in [-0.2, 0) is 4.74 Å². The molecular formula is C17H33N3OS. The molecule has 0 amide bonds. The first-order valence-electron chi connectivity index (χ1n) is 8.79. The van der Waals surface area contributed by atoms with Gasteiger partial charge in [0.15, 0.2) is 5.96 Å². The average Bonchev–Trinajstić information content (AvgIpc) is 3.03. The number of hydrogen-bond acceptors (Lipinski definition) is 3. The monoisotopic (exact) mass is 327 g/mol. The molecule has 1 heterocycles. The van der Waals surface area contributed by atoms with Gasteiger partial charge in [-0.05, 0) is 31.1 Å². The largest absolute Gasteiger partial charge is 0.385 e. The van der Waals surface area contributed by atoms with Crippen LogP contribution in [0.1, 0.15) is 45.4 Å². The lowest BCUT2D eigenvalue weighted by Gasteiger charge is -2.36. The molecule has 2 aliphatic rings. The highest BCUT2D eigenvalue weighted by Gasteiger charge is 2.34. The Morgan fingerprint density at radius 2 is 2.18 bits per heavy atom. The number of aliphatic imine (C=N–C) groups is 1. The molecule has 0 aromatic heterocycles. The van der Waals surface area contributed by atoms with Crippen LogP contribution in [-0.4, -0.2) is 62.3 Å². The Kier molecular flexibility index (Phi) is 7.35. The molecular weight excluding hydrogens is 294 g/mol. The molecule has 1 aliphatic heterocycles. The first kappa shape index (κ1) is 17.9. The van der Waals surface area contributed by atoms with Gasteiger partial charge in [-0.25, -0.2) is 0 Å². The maximum absolute atomic E-state index is 5.34. The molecule has 2 rings (SSSR count). The molecule has 2 fully saturated rings. The minimum Gasteiger partial charge on any atom is -0.385 e. The van der Waals surface area contributed by atoms with Crippen LogP contribution in [0, 0.1) is 5.41 Å². The molecule has 128 valence electrons. The van der Waals surface area contributed by atoms with Crippen molar-refractivity contribution in [2.75, 3.05) is 46.2 Å². The van der Waals surface area contributed by atoms with E-state index in [0.717, 1.165) is 37.5 Å². The van der Waals surface area contributed by atoms with Crippen LogP contribution in [0.2, 0.25) is 0 Å². The van der Waals surface area contributed by atoms with Crippen molar-refractivity contribution in [2.24, 2.45) is 10.4 Å². The molecule has 1 atom stereocenters. The van der Waals surface area contributed by atoms with Crippen LogP contribution in [0.3, 0.4) is 0 Å². The molecule has 1 aliphatic carbocycles. The minimum atomic E-state index is 0.417. The zero-order valence-corrected chi connectivity index (χ0v) is 15.4. The number of rotatable bonds is 6. The molecule has 1 N–H and O–H groups in total. The quantitative estimate of drug-likeness (QED) is 0.601. The second-order valence-electron chi connectivity index (χ2n) is 6.70. The van der Waals surface area contributed by atoms with Crippen LogP contribution in [0.25, 0.3) is 0 Å². The van der Waals surface area contributed by atoms with Crippen molar-refractivity contribution in [3.05, 3.63) is 0 Å². The molecule has 1 saturated carbocycles. The number of nitrogens with zero attached hydrogens (tertiary/aromatic N) is 2. The maximum Gasteiger partial charge on any atom is 0.193 e. The Labute approximate surface area is 140 Å². The zero-order chi connectivity index (χ0) is 15.8. The van der Waals surface area contributed by atoms with Crippen molar-refractivity contribution in [2.45, 2.75) is 50.7 Å². The van der Waals surface area contributed by atoms with E-state index >= 15 is 0 Å². The standard InChI is InChI=1S/C17H33N3OS/c1-4-15-13-20(10-12-22-15)16(18-2)19-14-17(9-11-21-3)7-5-6-8-17/h15H,4-14H2,1-3H3,(H,18,19). The third kappa shape index (κ3) is 4.79. The van der Waals surface area contributed by atoms with E-state index in [9.17, 15) is 0 Å². The lowest BCUT2D eigenvalue weighted by Crippen LogP contribution is -2.50. The molecule has 0 aromatic carbocycles. The normalized spacial score (nSPS) is 25.5. The van der Waals surface area contributed by atoms with Gasteiger partial charge in [0, 0.05) is 51.4 Å². The van der Waals surface area contributed by atoms with Crippen molar-refractivity contribution < 1.29 is 4.74 Å². The summed E-state index contributed by atoms with van der Waals surface area (Å²) in [4.78, 5) is 6.99. The van der Waals surface area contributed by atoms with Crippen LogP contribution in [0.15, 0.2) is 4.99 Å². The first-order chi connectivity index (χ1) is 10.7. The lowest BCUT2D eigenvalue weighted by molar-refractivity contribution is 0.137. The second kappa shape index (κ2) is 9.02. The van der Waals surface area contributed by atoms with E-state index in [1.54, 1.807) is 0 Å². The molecule has 22 heavy (non-hydrogen) atoms. The number of guanidine groups is 1. The molecule has 1 saturated heterocycles. The number of nitrogens with one attached hydrogen (secondary N) is 1. The fourth-order valence-electron chi connectivity index (χ4n) is 3.72. The van der Waals surface area contributed by atoms with Crippen molar-refractivity contribution in [3.63, 3.8) is 0 Å². The average molecular weight is 328 g/mol. The summed E-state index contributed by atoms with van der Waals surface area (Å²) in [6.07, 6.45) is 7.79. The Morgan fingerprint density at radius 1 is 1.41 bits per heavy atom. The number of ether oxygens (including phenoxy) is 1. The molecule has 0 spiro atoms. The number of hydrogen-bond donors (Lipinski definition) is 1. The fourth-order valence-corrected chi connectivity index (χ4v) is 4.90. The van der Waals surface area contributed by atoms with Gasteiger partial charge in [-0.2, -0.15) is 11.8 Å². The smallest absolute Gasteiger partial charge is 0.193 e. The van der Waals surface area contributed by atoms with Crippen molar-refractivity contribution >= 4 is 17.7 Å². The summed E-state index contributed by atoms with van der Waals surface area (Å²) >= 11 is 2.11. The summed E-state index contributed by atoms with van der Waals surface area (Å²) in [5, 5.41) is 4.44. The van der Waals surface area contributed by atoms with Gasteiger partial charge in [0.2, 0.25) is 0 Å². The summed E-state index contributed by atoms with van der Waals surface area (Å²) in [6.45, 7) is 6.45. The molecule has 5 heteroatoms. The van der Waals surface area contributed by atoms with E-state index in [0.29, 0.717) is 5.41 Å². The van der Waals surface area contributed by atoms with Gasteiger partial charge in [-0.3, -0.25) is 4.99 Å². The Bertz CT molecular complexity index is 356. The lowest BCUT2D eigenvalue weighted by atomic mass is 9.83. The molecule has 1 unspecified atom stereocenters. The van der Waals surface area contributed by atoms with Crippen molar-refractivity contribution in [1.29, 1.82) is 0 Å². The van der Waals surface area contributed by atoms with Crippen LogP contribution in [0.5, 0.6) is 0 Å². The van der Waals surface area contributed by atoms with E-state index < -0.39 is 0 Å². The van der Waals surface area contributed by atoms with Gasteiger partial charge >= 0.3 is 0 Å². The summed E-state index contributed by atoms with van der Waals surface area (Å²) < 4.78 is 5.34. The van der Waals surface area contributed by atoms with Crippen molar-refractivity contribution in [1.82, 2.24) is 10.2 Å². The predicted molar refractivity (Wildman–Crippen MR) is 96.9 cm³/mol. The van der Waals surface area contributed by atoms with Crippen molar-refractivity contribution in [3.8, 4) is 0 Å². The Hall–Kier alpha value is -0.420. The third-order valence-corrected chi connectivity index (χ3v) is 6.60. The van der Waals surface area contributed by atoms with Crippen LogP contribution >= 0.6 is 11.8 Å². The zero-order valence-electron chi connectivity index (χ0n) is 14.6. The van der Waals surface area contributed by atoms with Crippen LogP contribution < -0.4 is 5.32 Å². The second-order valence-corrected chi connectivity index (χ2v) is 8.11. The summed E-state index contributed by atoms with van der Waals surface area (Å²) in [6, 6.07) is 0. The Balaban J connectivity index is 1.89. The SMILES string of the molecule is CCC1CN(C(=NC)NCC2(CCOC)CCCC2)CCS1. The van der Waals surface area contributed by atoms with Crippen LogP contribution in [0.4, 0.5) is 0 Å². The van der Waals surface area contributed by atoms with E-state index in [-0.39, 0.29) is 0 Å². The fraction of sp³-hybridized carbons (Fsp3) is 0.941. The highest BCUT2D eigenvalue weighted by atomic mass is 32.2. The van der Waals surface area contributed by atoms with Gasteiger partial charge in [0.1, 0.15) is 0 Å². The van der Waals surface area contributed by atoms with Gasteiger partial charge in [0.05, 0.1) is 0 Å². The predicted octanol–water partition coefficient (Wildman–Crippen LogP) is 2.99. The summed E-state index contributed by atoms with van der Waals surface area (Å²) in [5.41, 5.74) is 0.417. The van der Waals surface area contributed by atoms with Gasteiger partial charge in [-0.15, -0.1) is 0 Å². The molecule has 0 aromatic rings. The molecule has 4 nitrogen and oxygen atoms in total. The third-order valence-electron chi connectivity index (χ3n) is 5.23. The first-order valence-corrected chi connectivity index (χ1v) is 9.84. The highest BCUT2D eigenvalue weighted by molar-refractivity contribution is 8.00. The topological polar surface area (TPSA) is 36.9 Å². The Morgan fingerprint density at radius 3 is 2.82 bits per heavy atom. The van der Waals surface area contributed by atoms with Gasteiger partial charge in [-0.1, -0.05) is 19.8 Å². The highest BCUT2D eigenvalue weighted by Crippen LogP contribution is 2.40.